The van der Waals surface area contributed by atoms with Gasteiger partial charge in [-0.15, -0.1) is 11.5 Å². The van der Waals surface area contributed by atoms with E-state index in [0.717, 1.165) is 23.9 Å². The number of carbonyl (C=O) groups excluding carboxylic acids is 1. The minimum Gasteiger partial charge on any atom is -0.465 e. The molecular weight excluding hydrogens is 680 g/mol. The lowest BCUT2D eigenvalue weighted by Crippen LogP contribution is -2.48. The molecule has 0 aromatic heterocycles. The van der Waals surface area contributed by atoms with Gasteiger partial charge in [-0.25, -0.2) is 18.0 Å². The van der Waals surface area contributed by atoms with Crippen LogP contribution in [0.25, 0.3) is 11.1 Å². The van der Waals surface area contributed by atoms with Crippen LogP contribution in [-0.2, 0) is 0 Å². The number of halogens is 3. The lowest BCUT2D eigenvalue weighted by Gasteiger charge is -2.40. The van der Waals surface area contributed by atoms with Crippen molar-refractivity contribution in [3.05, 3.63) is 88.7 Å². The lowest BCUT2D eigenvalue weighted by atomic mass is 9.80. The highest BCUT2D eigenvalue weighted by molar-refractivity contribution is 6.90. The Bertz CT molecular complexity index is 1850. The van der Waals surface area contributed by atoms with Crippen molar-refractivity contribution in [1.29, 1.82) is 0 Å². The Morgan fingerprint density at radius 1 is 0.846 bits per heavy atom. The molecule has 278 valence electrons. The topological polar surface area (TPSA) is 64.1 Å². The molecule has 52 heavy (non-hydrogen) atoms. The summed E-state index contributed by atoms with van der Waals surface area (Å²) in [6.07, 6.45) is -0.854. The van der Waals surface area contributed by atoms with Gasteiger partial charge < -0.3 is 19.8 Å². The summed E-state index contributed by atoms with van der Waals surface area (Å²) in [6, 6.07) is 12.3. The van der Waals surface area contributed by atoms with Gasteiger partial charge in [-0.2, -0.15) is 0 Å². The summed E-state index contributed by atoms with van der Waals surface area (Å²) in [6.45, 7) is 20.9. The Balaban J connectivity index is 1.57. The first-order valence-electron chi connectivity index (χ1n) is 18.3. The van der Waals surface area contributed by atoms with Gasteiger partial charge in [0.1, 0.15) is 25.5 Å². The molecule has 2 unspecified atom stereocenters. The number of hydrogen-bond donors (Lipinski definition) is 1. The summed E-state index contributed by atoms with van der Waals surface area (Å²) in [5, 5.41) is 9.29. The zero-order valence-electron chi connectivity index (χ0n) is 31.9. The number of fused-ring (bicyclic) bond motifs is 1. The maximum absolute atomic E-state index is 16.5. The highest BCUT2D eigenvalue weighted by Crippen LogP contribution is 2.51. The van der Waals surface area contributed by atoms with Gasteiger partial charge in [0.15, 0.2) is 0 Å². The maximum Gasteiger partial charge on any atom is 0.407 e. The van der Waals surface area contributed by atoms with Crippen molar-refractivity contribution in [3.8, 4) is 22.6 Å². The normalized spacial score (nSPS) is 17.2. The SMILES string of the molecule is CC(C)[Si](C#CCC(c1cc(F)ccc1F)N1C(=O)c2cc(-c3ccc(N4CCN(C(=O)O)CC4)cc3)cc(F)c2C1C(C)(C)C)(C(C)C)C(C)C. The lowest BCUT2D eigenvalue weighted by molar-refractivity contribution is 0.0434. The van der Waals surface area contributed by atoms with E-state index in [4.69, 9.17) is 0 Å². The number of nitrogens with zero attached hydrogens (tertiary/aromatic N) is 3. The van der Waals surface area contributed by atoms with Crippen molar-refractivity contribution in [3.63, 3.8) is 0 Å². The second-order valence-corrected chi connectivity index (χ2v) is 21.9. The van der Waals surface area contributed by atoms with Crippen molar-refractivity contribution in [1.82, 2.24) is 9.80 Å². The van der Waals surface area contributed by atoms with Crippen molar-refractivity contribution in [2.45, 2.75) is 97.4 Å². The fourth-order valence-electron chi connectivity index (χ4n) is 8.69. The highest BCUT2D eigenvalue weighted by atomic mass is 28.3. The molecule has 1 fully saturated rings. The summed E-state index contributed by atoms with van der Waals surface area (Å²) in [5.41, 5.74) is 6.71. The predicted molar refractivity (Wildman–Crippen MR) is 205 cm³/mol. The fraction of sp³-hybridized carbons (Fsp3) is 0.476. The number of piperazine rings is 1. The first-order valence-corrected chi connectivity index (χ1v) is 20.6. The van der Waals surface area contributed by atoms with Gasteiger partial charge >= 0.3 is 6.09 Å². The largest absolute Gasteiger partial charge is 0.465 e. The first kappa shape index (κ1) is 39.0. The molecule has 2 aliphatic rings. The quantitative estimate of drug-likeness (QED) is 0.185. The third-order valence-electron chi connectivity index (χ3n) is 11.2. The van der Waals surface area contributed by atoms with Gasteiger partial charge in [-0.05, 0) is 75.6 Å². The van der Waals surface area contributed by atoms with E-state index in [1.807, 2.05) is 45.0 Å². The molecule has 5 rings (SSSR count). The van der Waals surface area contributed by atoms with E-state index in [0.29, 0.717) is 53.9 Å². The van der Waals surface area contributed by atoms with Gasteiger partial charge in [0.05, 0.1) is 12.1 Å². The fourth-order valence-corrected chi connectivity index (χ4v) is 14.0. The second-order valence-electron chi connectivity index (χ2n) is 16.3. The van der Waals surface area contributed by atoms with E-state index in [1.165, 1.54) is 11.0 Å². The van der Waals surface area contributed by atoms with Crippen LogP contribution in [0.2, 0.25) is 16.6 Å². The highest BCUT2D eigenvalue weighted by Gasteiger charge is 2.49. The van der Waals surface area contributed by atoms with Gasteiger partial charge in [0.25, 0.3) is 5.91 Å². The van der Waals surface area contributed by atoms with Crippen LogP contribution in [0, 0.1) is 34.3 Å². The van der Waals surface area contributed by atoms with Crippen molar-refractivity contribution in [2.24, 2.45) is 5.41 Å². The number of benzene rings is 3. The minimum absolute atomic E-state index is 0.0241. The average Bonchev–Trinajstić information content (AvgIpc) is 3.38. The van der Waals surface area contributed by atoms with E-state index < -0.39 is 55.0 Å². The maximum atomic E-state index is 16.5. The molecule has 2 atom stereocenters. The van der Waals surface area contributed by atoms with Crippen LogP contribution in [0.4, 0.5) is 23.7 Å². The Hall–Kier alpha value is -4.23. The van der Waals surface area contributed by atoms with E-state index >= 15 is 8.78 Å². The summed E-state index contributed by atoms with van der Waals surface area (Å²) < 4.78 is 47.1. The molecule has 1 N–H and O–H groups in total. The van der Waals surface area contributed by atoms with Gasteiger partial charge in [0, 0.05) is 55.0 Å². The Morgan fingerprint density at radius 3 is 1.98 bits per heavy atom. The van der Waals surface area contributed by atoms with Crippen LogP contribution in [-0.4, -0.2) is 61.2 Å². The Kier molecular flexibility index (Phi) is 11.3. The Labute approximate surface area is 308 Å². The molecule has 2 amide bonds. The van der Waals surface area contributed by atoms with Crippen LogP contribution in [0.1, 0.15) is 102 Å². The minimum atomic E-state index is -2.19. The summed E-state index contributed by atoms with van der Waals surface area (Å²) in [4.78, 5) is 31.0. The number of anilines is 1. The summed E-state index contributed by atoms with van der Waals surface area (Å²) in [7, 11) is -2.19. The Morgan fingerprint density at radius 2 is 1.44 bits per heavy atom. The van der Waals surface area contributed by atoms with E-state index in [-0.39, 0.29) is 23.1 Å². The van der Waals surface area contributed by atoms with Crippen LogP contribution in [0.3, 0.4) is 0 Å². The predicted octanol–water partition coefficient (Wildman–Crippen LogP) is 10.5. The molecule has 2 heterocycles. The third kappa shape index (κ3) is 7.34. The zero-order chi connectivity index (χ0) is 38.3. The van der Waals surface area contributed by atoms with Crippen LogP contribution in [0.5, 0.6) is 0 Å². The number of rotatable bonds is 8. The van der Waals surface area contributed by atoms with Crippen LogP contribution < -0.4 is 4.90 Å². The smallest absolute Gasteiger partial charge is 0.407 e. The van der Waals surface area contributed by atoms with Crippen molar-refractivity contribution >= 4 is 25.8 Å². The summed E-state index contributed by atoms with van der Waals surface area (Å²) >= 11 is 0. The molecule has 2 aliphatic heterocycles. The molecule has 3 aromatic rings. The molecule has 6 nitrogen and oxygen atoms in total. The molecular formula is C42H52F3N3O3Si. The van der Waals surface area contributed by atoms with E-state index in [2.05, 4.69) is 57.9 Å². The average molecular weight is 732 g/mol. The number of carboxylic acid groups (broad SMARTS) is 1. The van der Waals surface area contributed by atoms with Gasteiger partial charge in [-0.3, -0.25) is 4.79 Å². The molecule has 0 saturated carbocycles. The molecule has 0 radical (unpaired) electrons. The molecule has 0 spiro atoms. The molecule has 0 aliphatic carbocycles. The summed E-state index contributed by atoms with van der Waals surface area (Å²) in [5.74, 6) is 1.16. The molecule has 10 heteroatoms. The van der Waals surface area contributed by atoms with Gasteiger partial charge in [0.2, 0.25) is 0 Å². The second kappa shape index (κ2) is 15.0. The molecule has 1 saturated heterocycles. The van der Waals surface area contributed by atoms with Crippen molar-refractivity contribution < 1.29 is 27.9 Å². The zero-order valence-corrected chi connectivity index (χ0v) is 32.9. The number of carbonyl (C=O) groups is 2. The van der Waals surface area contributed by atoms with Gasteiger partial charge in [-0.1, -0.05) is 74.4 Å². The monoisotopic (exact) mass is 731 g/mol. The van der Waals surface area contributed by atoms with Crippen LogP contribution in [0.15, 0.2) is 54.6 Å². The van der Waals surface area contributed by atoms with Crippen molar-refractivity contribution in [2.75, 3.05) is 31.1 Å². The van der Waals surface area contributed by atoms with Crippen LogP contribution >= 0.6 is 0 Å². The number of amides is 2. The standard InChI is InChI=1S/C42H52F3N3O3Si/c1-26(2)52(27(3)4,28(5)6)22-10-11-37(33-25-31(43)14-17-35(33)44)48-39(42(7,8)9)38-34(40(48)49)23-30(24-36(38)45)29-12-15-32(16-13-29)46-18-20-47(21-19-46)41(50)51/h12-17,23-28,37,39H,11,18-21H2,1-9H3,(H,50,51). The third-order valence-corrected chi connectivity index (χ3v) is 17.5. The van der Waals surface area contributed by atoms with E-state index in [1.54, 1.807) is 11.0 Å². The number of hydrogen-bond acceptors (Lipinski definition) is 3. The molecule has 3 aromatic carbocycles. The molecule has 0 bridgehead atoms. The van der Waals surface area contributed by atoms with E-state index in [9.17, 15) is 19.1 Å². The first-order chi connectivity index (χ1) is 24.4.